The zero-order valence-corrected chi connectivity index (χ0v) is 13.5. The zero-order chi connectivity index (χ0) is 13.9. The van der Waals surface area contributed by atoms with E-state index in [4.69, 9.17) is 11.6 Å². The van der Waals surface area contributed by atoms with Crippen molar-refractivity contribution in [3.8, 4) is 0 Å². The molecule has 2 aromatic carbocycles. The second kappa shape index (κ2) is 6.30. The van der Waals surface area contributed by atoms with Gasteiger partial charge in [-0.15, -0.1) is 0 Å². The minimum absolute atomic E-state index is 0.500. The molecule has 2 atom stereocenters. The Labute approximate surface area is 133 Å². The van der Waals surface area contributed by atoms with Gasteiger partial charge >= 0.3 is 0 Å². The van der Waals surface area contributed by atoms with E-state index in [1.807, 2.05) is 6.07 Å². The number of hydrogen-bond acceptors (Lipinski definition) is 1. The normalized spacial score (nSPS) is 22.7. The summed E-state index contributed by atoms with van der Waals surface area (Å²) in [7, 11) is 0. The van der Waals surface area contributed by atoms with Gasteiger partial charge in [0, 0.05) is 22.0 Å². The molecule has 0 aromatic heterocycles. The smallest absolute Gasteiger partial charge is 0.0409 e. The largest absolute Gasteiger partial charge is 0.316 e. The van der Waals surface area contributed by atoms with Crippen LogP contribution in [0.3, 0.4) is 0 Å². The van der Waals surface area contributed by atoms with Crippen LogP contribution in [-0.2, 0) is 0 Å². The summed E-state index contributed by atoms with van der Waals surface area (Å²) in [4.78, 5) is 0. The van der Waals surface area contributed by atoms with Crippen molar-refractivity contribution >= 4 is 27.5 Å². The van der Waals surface area contributed by atoms with Gasteiger partial charge in [0.1, 0.15) is 0 Å². The van der Waals surface area contributed by atoms with Crippen LogP contribution in [0.25, 0.3) is 0 Å². The second-order valence-corrected chi connectivity index (χ2v) is 6.57. The molecule has 3 rings (SSSR count). The maximum atomic E-state index is 6.19. The van der Waals surface area contributed by atoms with E-state index in [1.165, 1.54) is 11.1 Å². The third-order valence-electron chi connectivity index (χ3n) is 4.07. The van der Waals surface area contributed by atoms with Crippen molar-refractivity contribution in [3.05, 3.63) is 69.2 Å². The Morgan fingerprint density at radius 2 is 1.85 bits per heavy atom. The molecule has 0 saturated carbocycles. The molecule has 0 aliphatic carbocycles. The van der Waals surface area contributed by atoms with Gasteiger partial charge in [-0.25, -0.2) is 0 Å². The summed E-state index contributed by atoms with van der Waals surface area (Å²) in [6.07, 6.45) is 1.14. The molecule has 0 spiro atoms. The number of hydrogen-bond donors (Lipinski definition) is 1. The van der Waals surface area contributed by atoms with Gasteiger partial charge in [-0.05, 0) is 48.2 Å². The van der Waals surface area contributed by atoms with Crippen molar-refractivity contribution in [2.24, 2.45) is 0 Å². The molecule has 1 heterocycles. The fourth-order valence-corrected chi connectivity index (χ4v) is 3.80. The maximum absolute atomic E-state index is 6.19. The average Bonchev–Trinajstić information content (AvgIpc) is 2.51. The van der Waals surface area contributed by atoms with E-state index < -0.39 is 0 Å². The summed E-state index contributed by atoms with van der Waals surface area (Å²) in [6, 6.07) is 16.9. The molecule has 1 fully saturated rings. The standard InChI is InChI=1S/C17H17BrClN/c18-17-7-6-13(19)10-15(17)14-8-9-20-11-16(14)12-4-2-1-3-5-12/h1-7,10,14,16,20H,8-9,11H2. The van der Waals surface area contributed by atoms with E-state index in [2.05, 4.69) is 63.7 Å². The van der Waals surface area contributed by atoms with Gasteiger partial charge in [0.25, 0.3) is 0 Å². The third kappa shape index (κ3) is 2.93. The van der Waals surface area contributed by atoms with Crippen LogP contribution in [0.2, 0.25) is 5.02 Å². The molecule has 104 valence electrons. The van der Waals surface area contributed by atoms with Gasteiger partial charge in [-0.2, -0.15) is 0 Å². The molecule has 0 radical (unpaired) electrons. The Balaban J connectivity index is 1.99. The van der Waals surface area contributed by atoms with Crippen LogP contribution in [-0.4, -0.2) is 13.1 Å². The highest BCUT2D eigenvalue weighted by Gasteiger charge is 2.28. The van der Waals surface area contributed by atoms with Crippen molar-refractivity contribution in [2.45, 2.75) is 18.3 Å². The van der Waals surface area contributed by atoms with Crippen LogP contribution >= 0.6 is 27.5 Å². The molecule has 1 aliphatic heterocycles. The molecule has 20 heavy (non-hydrogen) atoms. The summed E-state index contributed by atoms with van der Waals surface area (Å²) in [6.45, 7) is 2.08. The average molecular weight is 351 g/mol. The third-order valence-corrected chi connectivity index (χ3v) is 5.02. The minimum atomic E-state index is 0.500. The van der Waals surface area contributed by atoms with Crippen LogP contribution in [0.15, 0.2) is 53.0 Å². The van der Waals surface area contributed by atoms with Gasteiger partial charge in [-0.1, -0.05) is 57.9 Å². The first-order valence-corrected chi connectivity index (χ1v) is 8.13. The first-order valence-electron chi connectivity index (χ1n) is 6.96. The molecule has 3 heteroatoms. The van der Waals surface area contributed by atoms with Gasteiger partial charge in [0.05, 0.1) is 0 Å². The minimum Gasteiger partial charge on any atom is -0.316 e. The van der Waals surface area contributed by atoms with Gasteiger partial charge in [0.2, 0.25) is 0 Å². The molecule has 1 saturated heterocycles. The SMILES string of the molecule is Clc1ccc(Br)c(C2CCNCC2c2ccccc2)c1. The zero-order valence-electron chi connectivity index (χ0n) is 11.2. The Kier molecular flexibility index (Phi) is 4.45. The highest BCUT2D eigenvalue weighted by Crippen LogP contribution is 2.41. The van der Waals surface area contributed by atoms with E-state index >= 15 is 0 Å². The molecular weight excluding hydrogens is 334 g/mol. The highest BCUT2D eigenvalue weighted by atomic mass is 79.9. The summed E-state index contributed by atoms with van der Waals surface area (Å²) in [5.74, 6) is 1.01. The monoisotopic (exact) mass is 349 g/mol. The van der Waals surface area contributed by atoms with Crippen molar-refractivity contribution in [2.75, 3.05) is 13.1 Å². The molecular formula is C17H17BrClN. The molecule has 2 unspecified atom stereocenters. The van der Waals surface area contributed by atoms with Crippen molar-refractivity contribution < 1.29 is 0 Å². The fraction of sp³-hybridized carbons (Fsp3) is 0.294. The van der Waals surface area contributed by atoms with Crippen molar-refractivity contribution in [3.63, 3.8) is 0 Å². The second-order valence-electron chi connectivity index (χ2n) is 5.28. The van der Waals surface area contributed by atoms with Gasteiger partial charge < -0.3 is 5.32 Å². The molecule has 2 aromatic rings. The maximum Gasteiger partial charge on any atom is 0.0409 e. The molecule has 1 N–H and O–H groups in total. The van der Waals surface area contributed by atoms with Crippen LogP contribution in [0.4, 0.5) is 0 Å². The Bertz CT molecular complexity index is 585. The predicted octanol–water partition coefficient (Wildman–Crippen LogP) is 4.96. The number of rotatable bonds is 2. The summed E-state index contributed by atoms with van der Waals surface area (Å²) in [5.41, 5.74) is 2.73. The highest BCUT2D eigenvalue weighted by molar-refractivity contribution is 9.10. The lowest BCUT2D eigenvalue weighted by Gasteiger charge is -2.33. The van der Waals surface area contributed by atoms with E-state index in [0.717, 1.165) is 29.0 Å². The van der Waals surface area contributed by atoms with Crippen LogP contribution < -0.4 is 5.32 Å². The Morgan fingerprint density at radius 1 is 1.05 bits per heavy atom. The lowest BCUT2D eigenvalue weighted by Crippen LogP contribution is -2.34. The number of nitrogens with one attached hydrogen (secondary N) is 1. The van der Waals surface area contributed by atoms with Crippen LogP contribution in [0.5, 0.6) is 0 Å². The first-order chi connectivity index (χ1) is 9.75. The Morgan fingerprint density at radius 3 is 2.65 bits per heavy atom. The Hall–Kier alpha value is -0.830. The fourth-order valence-electron chi connectivity index (χ4n) is 3.08. The van der Waals surface area contributed by atoms with E-state index in [-0.39, 0.29) is 0 Å². The van der Waals surface area contributed by atoms with Crippen molar-refractivity contribution in [1.29, 1.82) is 0 Å². The quantitative estimate of drug-likeness (QED) is 0.807. The number of halogens is 2. The predicted molar refractivity (Wildman–Crippen MR) is 88.6 cm³/mol. The van der Waals surface area contributed by atoms with Crippen LogP contribution in [0.1, 0.15) is 29.4 Å². The van der Waals surface area contributed by atoms with E-state index in [1.54, 1.807) is 0 Å². The summed E-state index contributed by atoms with van der Waals surface area (Å²) in [5, 5.41) is 4.33. The number of benzene rings is 2. The molecule has 1 aliphatic rings. The van der Waals surface area contributed by atoms with E-state index in [0.29, 0.717) is 11.8 Å². The van der Waals surface area contributed by atoms with Crippen molar-refractivity contribution in [1.82, 2.24) is 5.32 Å². The molecule has 1 nitrogen and oxygen atoms in total. The molecule has 0 bridgehead atoms. The van der Waals surface area contributed by atoms with Gasteiger partial charge in [-0.3, -0.25) is 0 Å². The number of piperidine rings is 1. The first kappa shape index (κ1) is 14.1. The lowest BCUT2D eigenvalue weighted by molar-refractivity contribution is 0.403. The summed E-state index contributed by atoms with van der Waals surface area (Å²) >= 11 is 9.88. The molecule has 0 amide bonds. The summed E-state index contributed by atoms with van der Waals surface area (Å²) < 4.78 is 1.16. The van der Waals surface area contributed by atoms with Crippen LogP contribution in [0, 0.1) is 0 Å². The lowest BCUT2D eigenvalue weighted by atomic mass is 9.77. The van der Waals surface area contributed by atoms with Gasteiger partial charge in [0.15, 0.2) is 0 Å². The topological polar surface area (TPSA) is 12.0 Å². The van der Waals surface area contributed by atoms with E-state index in [9.17, 15) is 0 Å².